The monoisotopic (exact) mass is 280 g/mol. The molecule has 1 aromatic rings. The Kier molecular flexibility index (Phi) is 4.86. The van der Waals surface area contributed by atoms with Crippen LogP contribution in [-0.2, 0) is 12.8 Å². The second kappa shape index (κ2) is 6.42. The second-order valence-electron chi connectivity index (χ2n) is 5.24. The Hall–Kier alpha value is -1.03. The van der Waals surface area contributed by atoms with Crippen LogP contribution in [0.25, 0.3) is 0 Å². The third kappa shape index (κ3) is 2.94. The van der Waals surface area contributed by atoms with Crippen molar-refractivity contribution in [1.29, 1.82) is 0 Å². The summed E-state index contributed by atoms with van der Waals surface area (Å²) in [4.78, 5) is 16.0. The number of nitrogens with two attached hydrogens (primary N) is 1. The summed E-state index contributed by atoms with van der Waals surface area (Å²) in [5.74, 6) is 0.153. The van der Waals surface area contributed by atoms with Crippen LogP contribution in [0.2, 0.25) is 0 Å². The summed E-state index contributed by atoms with van der Waals surface area (Å²) in [6.07, 6.45) is 6.53. The molecule has 0 fully saturated rings. The van der Waals surface area contributed by atoms with Gasteiger partial charge in [-0.15, -0.1) is 11.3 Å². The van der Waals surface area contributed by atoms with Crippen LogP contribution in [0.1, 0.15) is 60.3 Å². The first-order valence-electron chi connectivity index (χ1n) is 7.38. The average molecular weight is 280 g/mol. The van der Waals surface area contributed by atoms with E-state index in [9.17, 15) is 4.79 Å². The minimum absolute atomic E-state index is 0.153. The van der Waals surface area contributed by atoms with Crippen LogP contribution in [0.3, 0.4) is 0 Å². The number of rotatable bonds is 5. The van der Waals surface area contributed by atoms with Gasteiger partial charge in [0.25, 0.3) is 5.91 Å². The lowest BCUT2D eigenvalue weighted by atomic mass is 9.95. The maximum absolute atomic E-state index is 12.7. The van der Waals surface area contributed by atoms with E-state index in [0.717, 1.165) is 49.3 Å². The zero-order valence-corrected chi connectivity index (χ0v) is 12.8. The zero-order valence-electron chi connectivity index (χ0n) is 12.0. The maximum Gasteiger partial charge on any atom is 0.257 e. The predicted molar refractivity (Wildman–Crippen MR) is 81.9 cm³/mol. The molecule has 2 rings (SSSR count). The number of nitrogen functional groups attached to an aromatic ring is 1. The smallest absolute Gasteiger partial charge is 0.257 e. The second-order valence-corrected chi connectivity index (χ2v) is 6.38. The van der Waals surface area contributed by atoms with Gasteiger partial charge in [-0.25, -0.2) is 0 Å². The van der Waals surface area contributed by atoms with Gasteiger partial charge in [-0.2, -0.15) is 0 Å². The Morgan fingerprint density at radius 3 is 2.47 bits per heavy atom. The van der Waals surface area contributed by atoms with Crippen molar-refractivity contribution in [2.75, 3.05) is 18.8 Å². The minimum atomic E-state index is 0.153. The molecule has 0 aliphatic heterocycles. The van der Waals surface area contributed by atoms with E-state index in [2.05, 4.69) is 13.8 Å². The number of thiophene rings is 1. The van der Waals surface area contributed by atoms with Gasteiger partial charge < -0.3 is 10.6 Å². The fraction of sp³-hybridized carbons (Fsp3) is 0.667. The van der Waals surface area contributed by atoms with Gasteiger partial charge in [0.15, 0.2) is 0 Å². The molecule has 19 heavy (non-hydrogen) atoms. The molecule has 0 aromatic carbocycles. The van der Waals surface area contributed by atoms with Gasteiger partial charge >= 0.3 is 0 Å². The Balaban J connectivity index is 2.29. The SMILES string of the molecule is CCCN(CCC)C(=O)c1c(N)sc2c1CCCC2. The van der Waals surface area contributed by atoms with Gasteiger partial charge in [-0.3, -0.25) is 4.79 Å². The third-order valence-electron chi connectivity index (χ3n) is 3.69. The fourth-order valence-electron chi connectivity index (χ4n) is 2.83. The number of amides is 1. The van der Waals surface area contributed by atoms with Gasteiger partial charge in [0.1, 0.15) is 0 Å². The average Bonchev–Trinajstić information content (AvgIpc) is 2.73. The van der Waals surface area contributed by atoms with Crippen molar-refractivity contribution >= 4 is 22.2 Å². The molecule has 0 unspecified atom stereocenters. The zero-order chi connectivity index (χ0) is 13.8. The molecule has 1 heterocycles. The van der Waals surface area contributed by atoms with E-state index in [0.29, 0.717) is 0 Å². The lowest BCUT2D eigenvalue weighted by Crippen LogP contribution is -2.33. The summed E-state index contributed by atoms with van der Waals surface area (Å²) in [6, 6.07) is 0. The van der Waals surface area contributed by atoms with Crippen LogP contribution < -0.4 is 5.73 Å². The number of hydrogen-bond donors (Lipinski definition) is 1. The van der Waals surface area contributed by atoms with E-state index >= 15 is 0 Å². The number of fused-ring (bicyclic) bond motifs is 1. The van der Waals surface area contributed by atoms with Crippen LogP contribution >= 0.6 is 11.3 Å². The molecule has 1 aliphatic rings. The van der Waals surface area contributed by atoms with Crippen molar-refractivity contribution in [3.63, 3.8) is 0 Å². The number of carbonyl (C=O) groups excluding carboxylic acids is 1. The molecule has 1 amide bonds. The summed E-state index contributed by atoms with van der Waals surface area (Å²) in [5, 5.41) is 0.731. The lowest BCUT2D eigenvalue weighted by Gasteiger charge is -2.23. The topological polar surface area (TPSA) is 46.3 Å². The summed E-state index contributed by atoms with van der Waals surface area (Å²) >= 11 is 1.63. The predicted octanol–water partition coefficient (Wildman–Crippen LogP) is 3.47. The Labute approximate surface area is 119 Å². The highest BCUT2D eigenvalue weighted by Crippen LogP contribution is 2.36. The number of aryl methyl sites for hydroxylation is 1. The highest BCUT2D eigenvalue weighted by atomic mass is 32.1. The summed E-state index contributed by atoms with van der Waals surface area (Å²) in [7, 11) is 0. The van der Waals surface area contributed by atoms with Crippen molar-refractivity contribution in [3.05, 3.63) is 16.0 Å². The van der Waals surface area contributed by atoms with Crippen LogP contribution in [0.15, 0.2) is 0 Å². The molecule has 0 saturated carbocycles. The molecule has 0 radical (unpaired) electrons. The summed E-state index contributed by atoms with van der Waals surface area (Å²) in [5.41, 5.74) is 8.19. The van der Waals surface area contributed by atoms with E-state index in [4.69, 9.17) is 5.73 Å². The van der Waals surface area contributed by atoms with E-state index in [1.165, 1.54) is 23.3 Å². The van der Waals surface area contributed by atoms with E-state index in [1.807, 2.05) is 4.90 Å². The fourth-order valence-corrected chi connectivity index (χ4v) is 3.99. The van der Waals surface area contributed by atoms with Crippen molar-refractivity contribution in [1.82, 2.24) is 4.90 Å². The van der Waals surface area contributed by atoms with E-state index < -0.39 is 0 Å². The molecule has 0 bridgehead atoms. The van der Waals surface area contributed by atoms with Gasteiger partial charge in [-0.05, 0) is 44.1 Å². The summed E-state index contributed by atoms with van der Waals surface area (Å²) in [6.45, 7) is 5.89. The highest BCUT2D eigenvalue weighted by Gasteiger charge is 2.26. The quantitative estimate of drug-likeness (QED) is 0.897. The molecule has 0 spiro atoms. The highest BCUT2D eigenvalue weighted by molar-refractivity contribution is 7.16. The molecule has 1 aliphatic carbocycles. The molecule has 4 heteroatoms. The molecular formula is C15H24N2OS. The number of carbonyl (C=O) groups is 1. The molecule has 3 nitrogen and oxygen atoms in total. The molecule has 0 saturated heterocycles. The molecule has 1 aromatic heterocycles. The summed E-state index contributed by atoms with van der Waals surface area (Å²) < 4.78 is 0. The Morgan fingerprint density at radius 1 is 1.21 bits per heavy atom. The first-order chi connectivity index (χ1) is 9.19. The largest absolute Gasteiger partial charge is 0.390 e. The number of anilines is 1. The Morgan fingerprint density at radius 2 is 1.84 bits per heavy atom. The van der Waals surface area contributed by atoms with Crippen molar-refractivity contribution in [2.45, 2.75) is 52.4 Å². The first kappa shape index (κ1) is 14.4. The van der Waals surface area contributed by atoms with Crippen LogP contribution in [0.5, 0.6) is 0 Å². The molecule has 2 N–H and O–H groups in total. The molecular weight excluding hydrogens is 256 g/mol. The van der Waals surface area contributed by atoms with Crippen LogP contribution in [0.4, 0.5) is 5.00 Å². The lowest BCUT2D eigenvalue weighted by molar-refractivity contribution is 0.0756. The van der Waals surface area contributed by atoms with Gasteiger partial charge in [-0.1, -0.05) is 13.8 Å². The van der Waals surface area contributed by atoms with Crippen molar-refractivity contribution < 1.29 is 4.79 Å². The van der Waals surface area contributed by atoms with Gasteiger partial charge in [0.2, 0.25) is 0 Å². The standard InChI is InChI=1S/C15H24N2OS/c1-3-9-17(10-4-2)15(18)13-11-7-5-6-8-12(11)19-14(13)16/h3-10,16H2,1-2H3. The molecule has 106 valence electrons. The van der Waals surface area contributed by atoms with Gasteiger partial charge in [0, 0.05) is 18.0 Å². The van der Waals surface area contributed by atoms with Crippen molar-refractivity contribution in [2.24, 2.45) is 0 Å². The number of nitrogens with zero attached hydrogens (tertiary/aromatic N) is 1. The third-order valence-corrected chi connectivity index (χ3v) is 4.81. The van der Waals surface area contributed by atoms with Crippen LogP contribution in [0, 0.1) is 0 Å². The number of hydrogen-bond acceptors (Lipinski definition) is 3. The van der Waals surface area contributed by atoms with Crippen LogP contribution in [-0.4, -0.2) is 23.9 Å². The molecule has 0 atom stereocenters. The normalized spacial score (nSPS) is 14.2. The van der Waals surface area contributed by atoms with E-state index in [1.54, 1.807) is 11.3 Å². The Bertz CT molecular complexity index is 447. The van der Waals surface area contributed by atoms with E-state index in [-0.39, 0.29) is 5.91 Å². The van der Waals surface area contributed by atoms with Crippen molar-refractivity contribution in [3.8, 4) is 0 Å². The minimum Gasteiger partial charge on any atom is -0.390 e. The maximum atomic E-state index is 12.7. The first-order valence-corrected chi connectivity index (χ1v) is 8.19. The van der Waals surface area contributed by atoms with Gasteiger partial charge in [0.05, 0.1) is 10.6 Å².